The molecule has 0 N–H and O–H groups in total. The molecule has 30 heavy (non-hydrogen) atoms. The van der Waals surface area contributed by atoms with Crippen molar-refractivity contribution in [1.82, 2.24) is 24.3 Å². The molecular formula is C18H21F3N6O2S. The Labute approximate surface area is 174 Å². The fourth-order valence-corrected chi connectivity index (χ4v) is 2.70. The summed E-state index contributed by atoms with van der Waals surface area (Å²) in [7, 11) is 1.16. The molecule has 12 heteroatoms. The van der Waals surface area contributed by atoms with Crippen LogP contribution in [0.25, 0.3) is 11.0 Å². The van der Waals surface area contributed by atoms with Gasteiger partial charge < -0.3 is 0 Å². The number of nitrogens with zero attached hydrogens (tertiary/aromatic N) is 6. The van der Waals surface area contributed by atoms with Gasteiger partial charge in [0.05, 0.1) is 6.54 Å². The van der Waals surface area contributed by atoms with Crippen LogP contribution in [0, 0.1) is 0 Å². The Hall–Kier alpha value is -2.89. The van der Waals surface area contributed by atoms with Crippen molar-refractivity contribution in [3.8, 4) is 0 Å². The van der Waals surface area contributed by atoms with Crippen LogP contribution in [0.3, 0.4) is 0 Å². The number of halogens is 3. The van der Waals surface area contributed by atoms with Crippen LogP contribution in [0.4, 0.5) is 13.2 Å². The van der Waals surface area contributed by atoms with Crippen LogP contribution in [0.15, 0.2) is 46.1 Å². The highest BCUT2D eigenvalue weighted by Gasteiger charge is 2.50. The first-order valence-electron chi connectivity index (χ1n) is 8.64. The monoisotopic (exact) mass is 442 g/mol. The number of aldehydes is 1. The lowest BCUT2D eigenvalue weighted by molar-refractivity contribution is -0.216. The second kappa shape index (κ2) is 8.86. The van der Waals surface area contributed by atoms with Crippen LogP contribution in [-0.4, -0.2) is 61.5 Å². The van der Waals surface area contributed by atoms with E-state index in [1.54, 1.807) is 6.26 Å². The molecule has 0 spiro atoms. The number of fused-ring (bicyclic) bond motifs is 1. The van der Waals surface area contributed by atoms with Gasteiger partial charge in [0, 0.05) is 13.2 Å². The molecule has 0 unspecified atom stereocenters. The van der Waals surface area contributed by atoms with Gasteiger partial charge in [0.15, 0.2) is 16.6 Å². The number of hydrazone groups is 1. The smallest absolute Gasteiger partial charge is 0.299 e. The van der Waals surface area contributed by atoms with E-state index in [4.69, 9.17) is 0 Å². The highest BCUT2D eigenvalue weighted by Crippen LogP contribution is 2.34. The molecule has 2 rings (SSSR count). The second-order valence-corrected chi connectivity index (χ2v) is 7.39. The Bertz CT molecular complexity index is 1070. The fourth-order valence-electron chi connectivity index (χ4n) is 2.36. The molecule has 0 aliphatic carbocycles. The highest BCUT2D eigenvalue weighted by molar-refractivity contribution is 7.98. The van der Waals surface area contributed by atoms with Crippen LogP contribution in [0.1, 0.15) is 13.8 Å². The van der Waals surface area contributed by atoms with Crippen LogP contribution >= 0.6 is 11.8 Å². The number of hydrogen-bond donors (Lipinski definition) is 0. The van der Waals surface area contributed by atoms with Crippen molar-refractivity contribution in [2.75, 3.05) is 13.3 Å². The largest absolute Gasteiger partial charge is 0.412 e. The standard InChI is InChI=1S/C18H21F3N6O2S/c1-6-9-26-15(29)12-11-22-16(30-5)23-14(12)27(26)13(8-7-10-28)24-25(4)17(2,3)18(19,20)21/h6-8,10-11H,1,9H2,2-5H3/b8-7-,24-13+. The predicted octanol–water partition coefficient (Wildman–Crippen LogP) is 2.69. The molecule has 0 atom stereocenters. The number of thioether (sulfide) groups is 1. The summed E-state index contributed by atoms with van der Waals surface area (Å²) in [6.45, 7) is 5.58. The summed E-state index contributed by atoms with van der Waals surface area (Å²) in [5, 5.41) is 5.30. The van der Waals surface area contributed by atoms with Gasteiger partial charge in [0.1, 0.15) is 17.2 Å². The molecule has 0 aromatic carbocycles. The van der Waals surface area contributed by atoms with Gasteiger partial charge in [-0.15, -0.1) is 6.58 Å². The number of aromatic nitrogens is 4. The third kappa shape index (κ3) is 4.32. The number of carbonyl (C=O) groups is 1. The van der Waals surface area contributed by atoms with E-state index in [0.717, 1.165) is 32.0 Å². The van der Waals surface area contributed by atoms with Crippen LogP contribution in [-0.2, 0) is 11.3 Å². The topological polar surface area (TPSA) is 85.4 Å². The predicted molar refractivity (Wildman–Crippen MR) is 110 cm³/mol. The van der Waals surface area contributed by atoms with Crippen LogP contribution < -0.4 is 5.56 Å². The fraction of sp³-hybridized carbons (Fsp3) is 0.389. The molecule has 0 bridgehead atoms. The molecule has 0 fully saturated rings. The lowest BCUT2D eigenvalue weighted by atomic mass is 10.1. The van der Waals surface area contributed by atoms with Crippen LogP contribution in [0.2, 0.25) is 0 Å². The molecule has 162 valence electrons. The maximum atomic E-state index is 13.5. The van der Waals surface area contributed by atoms with Gasteiger partial charge >= 0.3 is 6.18 Å². The minimum absolute atomic E-state index is 0.0319. The average molecular weight is 442 g/mol. The van der Waals surface area contributed by atoms with Crippen molar-refractivity contribution >= 4 is 34.9 Å². The van der Waals surface area contributed by atoms with E-state index < -0.39 is 17.3 Å². The number of hydrogen-bond acceptors (Lipinski definition) is 7. The van der Waals surface area contributed by atoms with Gasteiger partial charge in [-0.3, -0.25) is 14.6 Å². The quantitative estimate of drug-likeness (QED) is 0.0958. The third-order valence-corrected chi connectivity index (χ3v) is 5.00. The van der Waals surface area contributed by atoms with Crippen LogP contribution in [0.5, 0.6) is 0 Å². The van der Waals surface area contributed by atoms with E-state index >= 15 is 0 Å². The molecule has 0 radical (unpaired) electrons. The van der Waals surface area contributed by atoms with Crippen molar-refractivity contribution in [2.45, 2.75) is 37.3 Å². The lowest BCUT2D eigenvalue weighted by Crippen LogP contribution is -2.51. The van der Waals surface area contributed by atoms with E-state index in [-0.39, 0.29) is 23.4 Å². The number of alkyl halides is 3. The Morgan fingerprint density at radius 2 is 2.07 bits per heavy atom. The lowest BCUT2D eigenvalue weighted by Gasteiger charge is -2.35. The Morgan fingerprint density at radius 1 is 1.40 bits per heavy atom. The number of allylic oxidation sites excluding steroid dienone is 3. The molecule has 0 saturated carbocycles. The highest BCUT2D eigenvalue weighted by atomic mass is 32.2. The normalized spacial score (nSPS) is 13.2. The summed E-state index contributed by atoms with van der Waals surface area (Å²) in [5.74, 6) is -0.110. The van der Waals surface area contributed by atoms with Crippen molar-refractivity contribution in [1.29, 1.82) is 0 Å². The Balaban J connectivity index is 2.86. The zero-order valence-electron chi connectivity index (χ0n) is 16.8. The number of carbonyl (C=O) groups excluding carboxylic acids is 1. The summed E-state index contributed by atoms with van der Waals surface area (Å²) in [5.41, 5.74) is -2.64. The molecule has 2 aromatic rings. The Morgan fingerprint density at radius 3 is 2.60 bits per heavy atom. The molecule has 0 aliphatic heterocycles. The zero-order valence-corrected chi connectivity index (χ0v) is 17.7. The van der Waals surface area contributed by atoms with Gasteiger partial charge in [0.25, 0.3) is 5.56 Å². The van der Waals surface area contributed by atoms with E-state index in [1.165, 1.54) is 39.5 Å². The molecular weight excluding hydrogens is 421 g/mol. The van der Waals surface area contributed by atoms with E-state index in [1.807, 2.05) is 0 Å². The zero-order chi connectivity index (χ0) is 22.7. The molecule has 0 amide bonds. The van der Waals surface area contributed by atoms with Gasteiger partial charge in [-0.2, -0.15) is 18.3 Å². The second-order valence-electron chi connectivity index (χ2n) is 6.62. The first-order chi connectivity index (χ1) is 14.0. The summed E-state index contributed by atoms with van der Waals surface area (Å²) < 4.78 is 42.8. The first-order valence-corrected chi connectivity index (χ1v) is 9.86. The maximum Gasteiger partial charge on any atom is 0.412 e. The Kier molecular flexibility index (Phi) is 6.91. The van der Waals surface area contributed by atoms with Crippen molar-refractivity contribution in [3.05, 3.63) is 41.4 Å². The van der Waals surface area contributed by atoms with E-state index in [2.05, 4.69) is 21.6 Å². The summed E-state index contributed by atoms with van der Waals surface area (Å²) in [4.78, 5) is 32.1. The maximum absolute atomic E-state index is 13.5. The first kappa shape index (κ1) is 23.4. The van der Waals surface area contributed by atoms with Gasteiger partial charge in [-0.25, -0.2) is 19.3 Å². The molecule has 8 nitrogen and oxygen atoms in total. The average Bonchev–Trinajstić information content (AvgIpc) is 2.95. The molecule has 2 heterocycles. The molecule has 0 saturated heterocycles. The number of rotatable bonds is 7. The molecule has 0 aliphatic rings. The SMILES string of the molecule is C=CCn1c(=O)c2cnc(SC)nc2n1C(/C=C\C=O)=N/N(C)C(C)(C)C(F)(F)F. The summed E-state index contributed by atoms with van der Waals surface area (Å²) >= 11 is 1.23. The molecule has 2 aromatic heterocycles. The van der Waals surface area contributed by atoms with Gasteiger partial charge in [0.2, 0.25) is 0 Å². The van der Waals surface area contributed by atoms with Gasteiger partial charge in [-0.1, -0.05) is 17.8 Å². The third-order valence-electron chi connectivity index (χ3n) is 4.43. The summed E-state index contributed by atoms with van der Waals surface area (Å²) in [6.07, 6.45) is 2.67. The van der Waals surface area contributed by atoms with Crippen molar-refractivity contribution in [2.24, 2.45) is 5.10 Å². The van der Waals surface area contributed by atoms with Gasteiger partial charge in [-0.05, 0) is 32.3 Å². The van der Waals surface area contributed by atoms with E-state index in [9.17, 15) is 22.8 Å². The van der Waals surface area contributed by atoms with Crippen molar-refractivity contribution < 1.29 is 18.0 Å². The minimum Gasteiger partial charge on any atom is -0.299 e. The minimum atomic E-state index is -4.58. The van der Waals surface area contributed by atoms with E-state index in [0.29, 0.717) is 11.4 Å². The summed E-state index contributed by atoms with van der Waals surface area (Å²) in [6, 6.07) is 0. The van der Waals surface area contributed by atoms with Crippen molar-refractivity contribution in [3.63, 3.8) is 0 Å².